The van der Waals surface area contributed by atoms with Gasteiger partial charge >= 0.3 is 0 Å². The van der Waals surface area contributed by atoms with Gasteiger partial charge in [0.2, 0.25) is 10.0 Å². The molecular formula is C26H34FNO5S. The van der Waals surface area contributed by atoms with Crippen molar-refractivity contribution < 1.29 is 27.8 Å². The Morgan fingerprint density at radius 1 is 1.15 bits per heavy atom. The number of ether oxygens (including phenoxy) is 1. The van der Waals surface area contributed by atoms with E-state index >= 15 is 4.39 Å². The van der Waals surface area contributed by atoms with E-state index in [-0.39, 0.29) is 25.6 Å². The maximum absolute atomic E-state index is 15.4. The van der Waals surface area contributed by atoms with Gasteiger partial charge < -0.3 is 14.9 Å². The Balaban J connectivity index is 1.61. The second kappa shape index (κ2) is 10.4. The van der Waals surface area contributed by atoms with Crippen LogP contribution < -0.4 is 0 Å². The molecule has 0 amide bonds. The summed E-state index contributed by atoms with van der Waals surface area (Å²) < 4.78 is 49.3. The fraction of sp³-hybridized carbons (Fsp3) is 0.538. The third-order valence-corrected chi connectivity index (χ3v) is 9.95. The second-order valence-electron chi connectivity index (χ2n) is 9.52. The van der Waals surface area contributed by atoms with E-state index in [4.69, 9.17) is 4.74 Å². The topological polar surface area (TPSA) is 87.1 Å². The van der Waals surface area contributed by atoms with Crippen molar-refractivity contribution in [2.75, 3.05) is 19.8 Å². The lowest BCUT2D eigenvalue weighted by atomic mass is 9.69. The zero-order chi connectivity index (χ0) is 24.3. The van der Waals surface area contributed by atoms with E-state index in [1.165, 1.54) is 10.4 Å². The smallest absolute Gasteiger partial charge is 0.221 e. The minimum absolute atomic E-state index is 0.0335. The quantitative estimate of drug-likeness (QED) is 0.617. The summed E-state index contributed by atoms with van der Waals surface area (Å²) in [6.07, 6.45) is 1.69. The standard InChI is InChI=1S/C26H34FNO5S/c1-19-7-10-24(20-5-3-2-4-6-20)34(31,32)28(19)18-21-8-9-22(17-23(21)27)26(25(30)11-14-29)12-15-33-16-13-26/h2-6,8-9,17,19,24-25,29-30H,7,10-16,18H2,1H3. The number of aliphatic hydroxyl groups is 2. The molecule has 186 valence electrons. The van der Waals surface area contributed by atoms with Crippen LogP contribution in [0.5, 0.6) is 0 Å². The van der Waals surface area contributed by atoms with Crippen molar-refractivity contribution in [3.05, 3.63) is 71.0 Å². The van der Waals surface area contributed by atoms with E-state index in [2.05, 4.69) is 0 Å². The molecule has 0 bridgehead atoms. The molecule has 8 heteroatoms. The SMILES string of the molecule is CC1CCC(c2ccccc2)S(=O)(=O)N1Cc1ccc(C2(C(O)CCO)CCOCC2)cc1F. The molecule has 2 saturated heterocycles. The van der Waals surface area contributed by atoms with Crippen molar-refractivity contribution >= 4 is 10.0 Å². The summed E-state index contributed by atoms with van der Waals surface area (Å²) in [5, 5.41) is 19.5. The molecule has 0 aliphatic carbocycles. The van der Waals surface area contributed by atoms with Crippen LogP contribution in [0, 0.1) is 5.82 Å². The van der Waals surface area contributed by atoms with Gasteiger partial charge in [-0.05, 0) is 56.2 Å². The Bertz CT molecular complexity index is 1070. The zero-order valence-electron chi connectivity index (χ0n) is 19.6. The number of rotatable bonds is 7. The van der Waals surface area contributed by atoms with E-state index in [9.17, 15) is 18.6 Å². The summed E-state index contributed by atoms with van der Waals surface area (Å²) in [7, 11) is -3.66. The molecule has 2 aliphatic heterocycles. The highest BCUT2D eigenvalue weighted by Crippen LogP contribution is 2.41. The van der Waals surface area contributed by atoms with E-state index < -0.39 is 32.6 Å². The van der Waals surface area contributed by atoms with Crippen LogP contribution in [-0.2, 0) is 26.7 Å². The first-order valence-corrected chi connectivity index (χ1v) is 13.5. The van der Waals surface area contributed by atoms with Gasteiger partial charge in [0.05, 0.1) is 6.10 Å². The van der Waals surface area contributed by atoms with E-state index in [0.717, 1.165) is 5.56 Å². The van der Waals surface area contributed by atoms with Gasteiger partial charge in [-0.3, -0.25) is 0 Å². The molecular weight excluding hydrogens is 457 g/mol. The highest BCUT2D eigenvalue weighted by atomic mass is 32.2. The summed E-state index contributed by atoms with van der Waals surface area (Å²) in [6.45, 7) is 2.59. The molecule has 0 radical (unpaired) electrons. The lowest BCUT2D eigenvalue weighted by Gasteiger charge is -2.42. The van der Waals surface area contributed by atoms with Crippen LogP contribution in [0.1, 0.15) is 61.0 Å². The predicted octanol–water partition coefficient (Wildman–Crippen LogP) is 3.67. The van der Waals surface area contributed by atoms with Gasteiger partial charge in [-0.2, -0.15) is 4.31 Å². The monoisotopic (exact) mass is 491 g/mol. The zero-order valence-corrected chi connectivity index (χ0v) is 20.4. The first kappa shape index (κ1) is 25.3. The summed E-state index contributed by atoms with van der Waals surface area (Å²) in [5.74, 6) is -0.483. The number of nitrogens with zero attached hydrogens (tertiary/aromatic N) is 1. The Kier molecular flexibility index (Phi) is 7.74. The Morgan fingerprint density at radius 2 is 1.85 bits per heavy atom. The molecule has 2 aliphatic rings. The third-order valence-electron chi connectivity index (χ3n) is 7.58. The summed E-state index contributed by atoms with van der Waals surface area (Å²) in [6, 6.07) is 13.8. The third kappa shape index (κ3) is 4.79. The molecule has 2 heterocycles. The largest absolute Gasteiger partial charge is 0.396 e. The van der Waals surface area contributed by atoms with Crippen molar-refractivity contribution in [3.63, 3.8) is 0 Å². The van der Waals surface area contributed by atoms with Crippen molar-refractivity contribution in [2.24, 2.45) is 0 Å². The molecule has 3 atom stereocenters. The number of aliphatic hydroxyl groups excluding tert-OH is 2. The van der Waals surface area contributed by atoms with E-state index in [0.29, 0.717) is 50.0 Å². The van der Waals surface area contributed by atoms with E-state index in [1.54, 1.807) is 12.1 Å². The van der Waals surface area contributed by atoms with Gasteiger partial charge in [-0.1, -0.05) is 42.5 Å². The Morgan fingerprint density at radius 3 is 2.50 bits per heavy atom. The van der Waals surface area contributed by atoms with Crippen LogP contribution in [0.4, 0.5) is 4.39 Å². The van der Waals surface area contributed by atoms with Crippen LogP contribution in [0.2, 0.25) is 0 Å². The van der Waals surface area contributed by atoms with Gasteiger partial charge in [0, 0.05) is 43.4 Å². The summed E-state index contributed by atoms with van der Waals surface area (Å²) in [5.41, 5.74) is 1.04. The molecule has 6 nitrogen and oxygen atoms in total. The van der Waals surface area contributed by atoms with Gasteiger partial charge in [0.25, 0.3) is 0 Å². The molecule has 2 N–H and O–H groups in total. The Hall–Kier alpha value is -1.84. The summed E-state index contributed by atoms with van der Waals surface area (Å²) in [4.78, 5) is 0. The van der Waals surface area contributed by atoms with Crippen molar-refractivity contribution in [2.45, 2.75) is 68.4 Å². The van der Waals surface area contributed by atoms with Crippen LogP contribution in [0.25, 0.3) is 0 Å². The number of hydrogen-bond acceptors (Lipinski definition) is 5. The molecule has 4 rings (SSSR count). The van der Waals surface area contributed by atoms with Gasteiger partial charge in [0.1, 0.15) is 11.1 Å². The second-order valence-corrected chi connectivity index (χ2v) is 11.6. The maximum atomic E-state index is 15.4. The normalized spacial score (nSPS) is 25.6. The van der Waals surface area contributed by atoms with Crippen molar-refractivity contribution in [1.29, 1.82) is 0 Å². The highest BCUT2D eigenvalue weighted by Gasteiger charge is 2.43. The van der Waals surface area contributed by atoms with Crippen molar-refractivity contribution in [1.82, 2.24) is 4.31 Å². The van der Waals surface area contributed by atoms with Crippen LogP contribution in [0.15, 0.2) is 48.5 Å². The van der Waals surface area contributed by atoms with Crippen LogP contribution in [0.3, 0.4) is 0 Å². The molecule has 2 aromatic carbocycles. The molecule has 2 aromatic rings. The molecule has 0 aromatic heterocycles. The lowest BCUT2D eigenvalue weighted by molar-refractivity contribution is -0.0242. The predicted molar refractivity (Wildman–Crippen MR) is 128 cm³/mol. The minimum Gasteiger partial charge on any atom is -0.396 e. The fourth-order valence-corrected chi connectivity index (χ4v) is 7.64. The molecule has 0 saturated carbocycles. The van der Waals surface area contributed by atoms with Gasteiger partial charge in [-0.25, -0.2) is 12.8 Å². The van der Waals surface area contributed by atoms with Crippen molar-refractivity contribution in [3.8, 4) is 0 Å². The van der Waals surface area contributed by atoms with Gasteiger partial charge in [0.15, 0.2) is 0 Å². The molecule has 34 heavy (non-hydrogen) atoms. The van der Waals surface area contributed by atoms with Gasteiger partial charge in [-0.15, -0.1) is 0 Å². The first-order valence-electron chi connectivity index (χ1n) is 12.0. The molecule has 0 spiro atoms. The number of hydrogen-bond donors (Lipinski definition) is 2. The number of halogens is 1. The molecule has 2 fully saturated rings. The fourth-order valence-electron chi connectivity index (χ4n) is 5.45. The lowest BCUT2D eigenvalue weighted by Crippen LogP contribution is -2.45. The number of benzene rings is 2. The van der Waals surface area contributed by atoms with Crippen LogP contribution in [-0.4, -0.2) is 54.9 Å². The first-order chi connectivity index (χ1) is 16.3. The minimum atomic E-state index is -3.66. The maximum Gasteiger partial charge on any atom is 0.221 e. The average Bonchev–Trinajstić information content (AvgIpc) is 2.83. The molecule has 3 unspecified atom stereocenters. The van der Waals surface area contributed by atoms with Crippen LogP contribution >= 0.6 is 0 Å². The number of sulfonamides is 1. The van der Waals surface area contributed by atoms with E-state index in [1.807, 2.05) is 37.3 Å². The summed E-state index contributed by atoms with van der Waals surface area (Å²) >= 11 is 0. The Labute approximate surface area is 201 Å². The highest BCUT2D eigenvalue weighted by molar-refractivity contribution is 7.89. The average molecular weight is 492 g/mol.